The molecule has 0 radical (unpaired) electrons. The van der Waals surface area contributed by atoms with Gasteiger partial charge in [0.1, 0.15) is 0 Å². The Hall–Kier alpha value is -1.58. The van der Waals surface area contributed by atoms with Crippen molar-refractivity contribution in [3.05, 3.63) is 53.1 Å². The van der Waals surface area contributed by atoms with E-state index in [4.69, 9.17) is 9.47 Å². The standard InChI is InChI=1S/C19H29NO2/c1-6-17(8-7-16(2)14-21-4)13-20(3)19-11-9-18(10-12-19)15-22-5/h7-12H,6,13-15H2,1-5H3/b16-7+,17-8+. The van der Waals surface area contributed by atoms with Crippen LogP contribution in [-0.4, -0.2) is 34.4 Å². The van der Waals surface area contributed by atoms with Crippen LogP contribution in [0.1, 0.15) is 25.8 Å². The van der Waals surface area contributed by atoms with Gasteiger partial charge >= 0.3 is 0 Å². The third-order valence-electron chi connectivity index (χ3n) is 3.56. The van der Waals surface area contributed by atoms with Crippen LogP contribution in [0.25, 0.3) is 0 Å². The first-order chi connectivity index (χ1) is 10.6. The monoisotopic (exact) mass is 303 g/mol. The SMILES string of the molecule is CC/C(=C\C=C(/C)COC)CN(C)c1ccc(COC)cc1. The number of methoxy groups -OCH3 is 2. The van der Waals surface area contributed by atoms with Crippen molar-refractivity contribution in [2.24, 2.45) is 0 Å². The topological polar surface area (TPSA) is 21.7 Å². The molecule has 0 atom stereocenters. The van der Waals surface area contributed by atoms with Gasteiger partial charge in [0.15, 0.2) is 0 Å². The fraction of sp³-hybridized carbons (Fsp3) is 0.474. The summed E-state index contributed by atoms with van der Waals surface area (Å²) < 4.78 is 10.3. The summed E-state index contributed by atoms with van der Waals surface area (Å²) in [6.45, 7) is 6.56. The van der Waals surface area contributed by atoms with Gasteiger partial charge in [0, 0.05) is 33.5 Å². The largest absolute Gasteiger partial charge is 0.380 e. The molecule has 0 heterocycles. The maximum absolute atomic E-state index is 5.14. The number of allylic oxidation sites excluding steroid dienone is 2. The number of hydrogen-bond donors (Lipinski definition) is 0. The summed E-state index contributed by atoms with van der Waals surface area (Å²) in [6, 6.07) is 8.53. The van der Waals surface area contributed by atoms with E-state index >= 15 is 0 Å². The lowest BCUT2D eigenvalue weighted by atomic mass is 10.1. The van der Waals surface area contributed by atoms with E-state index in [1.165, 1.54) is 22.4 Å². The van der Waals surface area contributed by atoms with Crippen molar-refractivity contribution in [3.8, 4) is 0 Å². The summed E-state index contributed by atoms with van der Waals surface area (Å²) in [6.07, 6.45) is 5.41. The number of anilines is 1. The molecule has 0 aliphatic carbocycles. The molecule has 3 heteroatoms. The van der Waals surface area contributed by atoms with E-state index in [1.54, 1.807) is 14.2 Å². The molecule has 0 N–H and O–H groups in total. The number of benzene rings is 1. The summed E-state index contributed by atoms with van der Waals surface area (Å²) >= 11 is 0. The third kappa shape index (κ3) is 6.46. The Morgan fingerprint density at radius 3 is 2.32 bits per heavy atom. The summed E-state index contributed by atoms with van der Waals surface area (Å²) in [5, 5.41) is 0. The first kappa shape index (κ1) is 18.5. The van der Waals surface area contributed by atoms with Gasteiger partial charge in [-0.3, -0.25) is 0 Å². The molecule has 122 valence electrons. The molecule has 0 amide bonds. The maximum atomic E-state index is 5.14. The highest BCUT2D eigenvalue weighted by Gasteiger charge is 2.03. The molecule has 22 heavy (non-hydrogen) atoms. The van der Waals surface area contributed by atoms with Crippen molar-refractivity contribution in [3.63, 3.8) is 0 Å². The zero-order chi connectivity index (χ0) is 16.4. The molecule has 0 saturated carbocycles. The average molecular weight is 303 g/mol. The van der Waals surface area contributed by atoms with Gasteiger partial charge in [-0.2, -0.15) is 0 Å². The van der Waals surface area contributed by atoms with Crippen LogP contribution in [0.2, 0.25) is 0 Å². The van der Waals surface area contributed by atoms with Gasteiger partial charge < -0.3 is 14.4 Å². The molecule has 0 fully saturated rings. The van der Waals surface area contributed by atoms with E-state index in [0.717, 1.165) is 13.0 Å². The fourth-order valence-corrected chi connectivity index (χ4v) is 2.23. The summed E-state index contributed by atoms with van der Waals surface area (Å²) in [4.78, 5) is 2.27. The van der Waals surface area contributed by atoms with Gasteiger partial charge in [0.05, 0.1) is 13.2 Å². The average Bonchev–Trinajstić information content (AvgIpc) is 2.52. The number of likely N-dealkylation sites (N-methyl/N-ethyl adjacent to an activating group) is 1. The van der Waals surface area contributed by atoms with E-state index in [9.17, 15) is 0 Å². The van der Waals surface area contributed by atoms with Gasteiger partial charge in [-0.05, 0) is 36.6 Å². The van der Waals surface area contributed by atoms with Crippen LogP contribution in [-0.2, 0) is 16.1 Å². The van der Waals surface area contributed by atoms with E-state index in [2.05, 4.69) is 62.2 Å². The van der Waals surface area contributed by atoms with Crippen LogP contribution in [0.15, 0.2) is 47.6 Å². The molecule has 1 rings (SSSR count). The molecule has 0 spiro atoms. The Balaban J connectivity index is 2.69. The van der Waals surface area contributed by atoms with E-state index in [-0.39, 0.29) is 0 Å². The van der Waals surface area contributed by atoms with Crippen LogP contribution in [0, 0.1) is 0 Å². The lowest BCUT2D eigenvalue weighted by molar-refractivity contribution is 0.185. The summed E-state index contributed by atoms with van der Waals surface area (Å²) in [5.41, 5.74) is 5.06. The number of hydrogen-bond acceptors (Lipinski definition) is 3. The molecule has 0 aromatic heterocycles. The van der Waals surface area contributed by atoms with Crippen molar-refractivity contribution in [2.45, 2.75) is 26.9 Å². The first-order valence-electron chi connectivity index (χ1n) is 7.73. The minimum atomic E-state index is 0.660. The first-order valence-corrected chi connectivity index (χ1v) is 7.73. The van der Waals surface area contributed by atoms with Crippen molar-refractivity contribution in [2.75, 3.05) is 39.3 Å². The highest BCUT2D eigenvalue weighted by Crippen LogP contribution is 2.16. The molecular formula is C19H29NO2. The van der Waals surface area contributed by atoms with Crippen LogP contribution < -0.4 is 4.90 Å². The lowest BCUT2D eigenvalue weighted by Gasteiger charge is -2.21. The lowest BCUT2D eigenvalue weighted by Crippen LogP contribution is -2.20. The molecule has 1 aromatic rings. The van der Waals surface area contributed by atoms with Gasteiger partial charge in [0.25, 0.3) is 0 Å². The molecular weight excluding hydrogens is 274 g/mol. The fourth-order valence-electron chi connectivity index (χ4n) is 2.23. The molecule has 0 saturated heterocycles. The predicted octanol–water partition coefficient (Wildman–Crippen LogP) is 4.20. The van der Waals surface area contributed by atoms with Gasteiger partial charge in [-0.25, -0.2) is 0 Å². The second-order valence-electron chi connectivity index (χ2n) is 5.58. The zero-order valence-electron chi connectivity index (χ0n) is 14.6. The van der Waals surface area contributed by atoms with Gasteiger partial charge in [-0.15, -0.1) is 0 Å². The maximum Gasteiger partial charge on any atom is 0.0713 e. The molecule has 1 aromatic carbocycles. The smallest absolute Gasteiger partial charge is 0.0713 e. The summed E-state index contributed by atoms with van der Waals surface area (Å²) in [7, 11) is 5.57. The second-order valence-corrected chi connectivity index (χ2v) is 5.58. The Bertz CT molecular complexity index is 489. The van der Waals surface area contributed by atoms with Gasteiger partial charge in [0.2, 0.25) is 0 Å². The van der Waals surface area contributed by atoms with E-state index < -0.39 is 0 Å². The Labute approximate surface area is 135 Å². The van der Waals surface area contributed by atoms with Crippen molar-refractivity contribution in [1.82, 2.24) is 0 Å². The third-order valence-corrected chi connectivity index (χ3v) is 3.56. The normalized spacial score (nSPS) is 12.6. The van der Waals surface area contributed by atoms with E-state index in [0.29, 0.717) is 13.2 Å². The molecule has 0 bridgehead atoms. The second kappa shape index (κ2) is 10.2. The van der Waals surface area contributed by atoms with Crippen molar-refractivity contribution in [1.29, 1.82) is 0 Å². The van der Waals surface area contributed by atoms with Crippen LogP contribution in [0.3, 0.4) is 0 Å². The Morgan fingerprint density at radius 1 is 1.09 bits per heavy atom. The Morgan fingerprint density at radius 2 is 1.77 bits per heavy atom. The quantitative estimate of drug-likeness (QED) is 0.638. The van der Waals surface area contributed by atoms with Crippen LogP contribution >= 0.6 is 0 Å². The number of ether oxygens (including phenoxy) is 2. The summed E-state index contributed by atoms with van der Waals surface area (Å²) in [5.74, 6) is 0. The molecule has 3 nitrogen and oxygen atoms in total. The molecule has 0 aliphatic heterocycles. The number of nitrogens with zero attached hydrogens (tertiary/aromatic N) is 1. The van der Waals surface area contributed by atoms with Crippen molar-refractivity contribution >= 4 is 5.69 Å². The van der Waals surface area contributed by atoms with Crippen LogP contribution in [0.4, 0.5) is 5.69 Å². The van der Waals surface area contributed by atoms with E-state index in [1.807, 2.05) is 0 Å². The highest BCUT2D eigenvalue weighted by atomic mass is 16.5. The molecule has 0 unspecified atom stereocenters. The predicted molar refractivity (Wildman–Crippen MR) is 94.4 cm³/mol. The minimum absolute atomic E-state index is 0.660. The Kier molecular flexibility index (Phi) is 8.56. The molecule has 0 aliphatic rings. The zero-order valence-corrected chi connectivity index (χ0v) is 14.6. The van der Waals surface area contributed by atoms with Gasteiger partial charge in [-0.1, -0.05) is 36.8 Å². The van der Waals surface area contributed by atoms with Crippen LogP contribution in [0.5, 0.6) is 0 Å². The van der Waals surface area contributed by atoms with Crippen molar-refractivity contribution < 1.29 is 9.47 Å². The minimum Gasteiger partial charge on any atom is -0.380 e. The number of rotatable bonds is 9. The highest BCUT2D eigenvalue weighted by molar-refractivity contribution is 5.48.